The van der Waals surface area contributed by atoms with Crippen LogP contribution in [0.2, 0.25) is 0 Å². The van der Waals surface area contributed by atoms with Crippen molar-refractivity contribution in [3.63, 3.8) is 0 Å². The number of amides is 2. The summed E-state index contributed by atoms with van der Waals surface area (Å²) in [7, 11) is 1.46. The molecule has 0 saturated carbocycles. The van der Waals surface area contributed by atoms with Crippen LogP contribution in [-0.4, -0.2) is 59.1 Å². The third-order valence-corrected chi connectivity index (χ3v) is 3.98. The molecule has 7 nitrogen and oxygen atoms in total. The van der Waals surface area contributed by atoms with E-state index >= 15 is 0 Å². The molecule has 1 saturated heterocycles. The van der Waals surface area contributed by atoms with Gasteiger partial charge < -0.3 is 19.6 Å². The molecule has 7 heteroatoms. The van der Waals surface area contributed by atoms with E-state index in [1.54, 1.807) is 0 Å². The molecule has 1 fully saturated rings. The Morgan fingerprint density at radius 1 is 1.30 bits per heavy atom. The summed E-state index contributed by atoms with van der Waals surface area (Å²) >= 11 is 0. The number of rotatable bonds is 5. The molecule has 1 aromatic carbocycles. The van der Waals surface area contributed by atoms with Crippen LogP contribution in [0.3, 0.4) is 0 Å². The van der Waals surface area contributed by atoms with Gasteiger partial charge in [-0.3, -0.25) is 4.79 Å². The minimum absolute atomic E-state index is 0.185. The second-order valence-electron chi connectivity index (χ2n) is 5.61. The molecular weight excluding hydrogens is 300 g/mol. The van der Waals surface area contributed by atoms with Crippen LogP contribution in [0.25, 0.3) is 0 Å². The van der Waals surface area contributed by atoms with E-state index in [0.717, 1.165) is 5.56 Å². The number of benzene rings is 1. The number of hydrogen-bond acceptors (Lipinski definition) is 4. The summed E-state index contributed by atoms with van der Waals surface area (Å²) < 4.78 is 5.17. The Bertz CT molecular complexity index is 583. The number of nitrogens with zero attached hydrogens (tertiary/aromatic N) is 2. The molecule has 0 radical (unpaired) electrons. The quantitative estimate of drug-likeness (QED) is 0.880. The number of carbonyl (C=O) groups is 3. The second-order valence-corrected chi connectivity index (χ2v) is 5.61. The SMILES string of the molecule is C[C@@H](C(=O)O)N(C)C(=O)C1CN(C(=O)OCc2ccccc2)C1. The summed E-state index contributed by atoms with van der Waals surface area (Å²) in [6.45, 7) is 2.14. The molecule has 1 N–H and O–H groups in total. The number of likely N-dealkylation sites (tertiary alicyclic amines) is 1. The van der Waals surface area contributed by atoms with Crippen LogP contribution in [0.1, 0.15) is 12.5 Å². The molecule has 0 bridgehead atoms. The van der Waals surface area contributed by atoms with Crippen LogP contribution >= 0.6 is 0 Å². The maximum absolute atomic E-state index is 12.1. The van der Waals surface area contributed by atoms with Crippen molar-refractivity contribution in [2.75, 3.05) is 20.1 Å². The third kappa shape index (κ3) is 4.00. The number of carbonyl (C=O) groups excluding carboxylic acids is 2. The standard InChI is InChI=1S/C16H20N2O5/c1-11(15(20)21)17(2)14(19)13-8-18(9-13)16(22)23-10-12-6-4-3-5-7-12/h3-7,11,13H,8-10H2,1-2H3,(H,20,21)/t11-/m0/s1. The molecule has 1 atom stereocenters. The Morgan fingerprint density at radius 3 is 2.48 bits per heavy atom. The highest BCUT2D eigenvalue weighted by Gasteiger charge is 2.39. The van der Waals surface area contributed by atoms with Gasteiger partial charge in [0.1, 0.15) is 12.6 Å². The fourth-order valence-electron chi connectivity index (χ4n) is 2.24. The van der Waals surface area contributed by atoms with E-state index in [1.165, 1.54) is 23.8 Å². The van der Waals surface area contributed by atoms with Crippen molar-refractivity contribution in [1.29, 1.82) is 0 Å². The molecular formula is C16H20N2O5. The van der Waals surface area contributed by atoms with Gasteiger partial charge in [-0.2, -0.15) is 0 Å². The van der Waals surface area contributed by atoms with Crippen LogP contribution in [0, 0.1) is 5.92 Å². The van der Waals surface area contributed by atoms with Crippen molar-refractivity contribution < 1.29 is 24.2 Å². The lowest BCUT2D eigenvalue weighted by molar-refractivity contribution is -0.152. The molecule has 1 aromatic rings. The fourth-order valence-corrected chi connectivity index (χ4v) is 2.24. The Labute approximate surface area is 134 Å². The van der Waals surface area contributed by atoms with E-state index in [-0.39, 0.29) is 31.5 Å². The van der Waals surface area contributed by atoms with Gasteiger partial charge in [-0.05, 0) is 12.5 Å². The highest BCUT2D eigenvalue weighted by molar-refractivity contribution is 5.86. The minimum Gasteiger partial charge on any atom is -0.480 e. The van der Waals surface area contributed by atoms with Crippen molar-refractivity contribution in [3.8, 4) is 0 Å². The Kier molecular flexibility index (Phi) is 5.20. The second kappa shape index (κ2) is 7.13. The van der Waals surface area contributed by atoms with Crippen LogP contribution in [-0.2, 0) is 20.9 Å². The predicted octanol–water partition coefficient (Wildman–Crippen LogP) is 1.19. The van der Waals surface area contributed by atoms with Gasteiger partial charge in [-0.25, -0.2) is 9.59 Å². The van der Waals surface area contributed by atoms with Gasteiger partial charge in [-0.15, -0.1) is 0 Å². The number of ether oxygens (including phenoxy) is 1. The summed E-state index contributed by atoms with van der Waals surface area (Å²) in [5.74, 6) is -1.70. The largest absolute Gasteiger partial charge is 0.480 e. The molecule has 1 aliphatic rings. The van der Waals surface area contributed by atoms with Crippen molar-refractivity contribution >= 4 is 18.0 Å². The third-order valence-electron chi connectivity index (χ3n) is 3.98. The zero-order valence-corrected chi connectivity index (χ0v) is 13.1. The average molecular weight is 320 g/mol. The van der Waals surface area contributed by atoms with Crippen LogP contribution in [0.5, 0.6) is 0 Å². The summed E-state index contributed by atoms with van der Waals surface area (Å²) in [4.78, 5) is 37.5. The summed E-state index contributed by atoms with van der Waals surface area (Å²) in [6.07, 6.45) is -0.466. The smallest absolute Gasteiger partial charge is 0.410 e. The van der Waals surface area contributed by atoms with Crippen LogP contribution in [0.15, 0.2) is 30.3 Å². The summed E-state index contributed by atoms with van der Waals surface area (Å²) in [5.41, 5.74) is 0.893. The molecule has 0 spiro atoms. The molecule has 2 rings (SSSR count). The van der Waals surface area contributed by atoms with Crippen molar-refractivity contribution in [2.24, 2.45) is 5.92 Å². The molecule has 124 valence electrons. The van der Waals surface area contributed by atoms with Gasteiger partial charge in [0.25, 0.3) is 0 Å². The Balaban J connectivity index is 1.76. The average Bonchev–Trinajstić information content (AvgIpc) is 2.50. The number of carboxylic acid groups (broad SMARTS) is 1. The number of carboxylic acids is 1. The maximum Gasteiger partial charge on any atom is 0.410 e. The number of aliphatic carboxylic acids is 1. The molecule has 1 aliphatic heterocycles. The van der Waals surface area contributed by atoms with E-state index in [4.69, 9.17) is 9.84 Å². The lowest BCUT2D eigenvalue weighted by Crippen LogP contribution is -2.57. The first-order valence-electron chi connectivity index (χ1n) is 7.35. The topological polar surface area (TPSA) is 87.2 Å². The predicted molar refractivity (Wildman–Crippen MR) is 81.6 cm³/mol. The van der Waals surface area contributed by atoms with Crippen molar-refractivity contribution in [3.05, 3.63) is 35.9 Å². The van der Waals surface area contributed by atoms with Gasteiger partial charge in [0, 0.05) is 20.1 Å². The van der Waals surface area contributed by atoms with E-state index in [1.807, 2.05) is 30.3 Å². The van der Waals surface area contributed by atoms with Crippen LogP contribution < -0.4 is 0 Å². The molecule has 0 aliphatic carbocycles. The summed E-state index contributed by atoms with van der Waals surface area (Å²) in [6, 6.07) is 8.44. The first kappa shape index (κ1) is 16.8. The van der Waals surface area contributed by atoms with E-state index in [0.29, 0.717) is 0 Å². The highest BCUT2D eigenvalue weighted by Crippen LogP contribution is 2.20. The zero-order valence-electron chi connectivity index (χ0n) is 13.1. The van der Waals surface area contributed by atoms with Crippen LogP contribution in [0.4, 0.5) is 4.79 Å². The first-order chi connectivity index (χ1) is 10.9. The molecule has 23 heavy (non-hydrogen) atoms. The molecule has 0 unspecified atom stereocenters. The lowest BCUT2D eigenvalue weighted by Gasteiger charge is -2.39. The van der Waals surface area contributed by atoms with Gasteiger partial charge in [0.2, 0.25) is 5.91 Å². The minimum atomic E-state index is -1.06. The molecule has 2 amide bonds. The fraction of sp³-hybridized carbons (Fsp3) is 0.438. The highest BCUT2D eigenvalue weighted by atomic mass is 16.6. The normalized spacial score (nSPS) is 15.5. The first-order valence-corrected chi connectivity index (χ1v) is 7.35. The van der Waals surface area contributed by atoms with E-state index in [9.17, 15) is 14.4 Å². The number of hydrogen-bond donors (Lipinski definition) is 1. The Morgan fingerprint density at radius 2 is 1.91 bits per heavy atom. The monoisotopic (exact) mass is 320 g/mol. The van der Waals surface area contributed by atoms with Crippen molar-refractivity contribution in [1.82, 2.24) is 9.80 Å². The van der Waals surface area contributed by atoms with Gasteiger partial charge >= 0.3 is 12.1 Å². The van der Waals surface area contributed by atoms with Gasteiger partial charge in [-0.1, -0.05) is 30.3 Å². The molecule has 0 aromatic heterocycles. The number of likely N-dealkylation sites (N-methyl/N-ethyl adjacent to an activating group) is 1. The Hall–Kier alpha value is -2.57. The summed E-state index contributed by atoms with van der Waals surface area (Å²) in [5, 5.41) is 8.91. The molecule has 1 heterocycles. The lowest BCUT2D eigenvalue weighted by atomic mass is 9.98. The van der Waals surface area contributed by atoms with E-state index in [2.05, 4.69) is 0 Å². The van der Waals surface area contributed by atoms with Gasteiger partial charge in [0.15, 0.2) is 0 Å². The van der Waals surface area contributed by atoms with Crippen molar-refractivity contribution in [2.45, 2.75) is 19.6 Å². The van der Waals surface area contributed by atoms with Gasteiger partial charge in [0.05, 0.1) is 5.92 Å². The zero-order chi connectivity index (χ0) is 17.0. The maximum atomic E-state index is 12.1. The van der Waals surface area contributed by atoms with E-state index < -0.39 is 18.1 Å².